The van der Waals surface area contributed by atoms with Crippen molar-refractivity contribution in [3.63, 3.8) is 0 Å². The molecule has 0 aromatic heterocycles. The zero-order valence-corrected chi connectivity index (χ0v) is 6.44. The second kappa shape index (κ2) is 4.35. The molecule has 0 amide bonds. The lowest BCUT2D eigenvalue weighted by Gasteiger charge is -1.98. The fourth-order valence-corrected chi connectivity index (χ4v) is 0.850. The quantitative estimate of drug-likeness (QED) is 0.233. The second-order valence-corrected chi connectivity index (χ2v) is 2.24. The molecule has 0 saturated carbocycles. The van der Waals surface area contributed by atoms with E-state index in [2.05, 4.69) is 15.5 Å². The van der Waals surface area contributed by atoms with Gasteiger partial charge in [0.25, 0.3) is 0 Å². The summed E-state index contributed by atoms with van der Waals surface area (Å²) in [7, 11) is 0. The van der Waals surface area contributed by atoms with Crippen LogP contribution < -0.4 is 11.3 Å². The normalized spacial score (nSPS) is 9.08. The van der Waals surface area contributed by atoms with Crippen LogP contribution in [0.15, 0.2) is 29.4 Å². The molecule has 12 heavy (non-hydrogen) atoms. The maximum atomic E-state index is 8.12. The van der Waals surface area contributed by atoms with Crippen molar-refractivity contribution in [1.82, 2.24) is 5.43 Å². The fraction of sp³-hybridized carbons (Fsp3) is 0.143. The van der Waals surface area contributed by atoms with Gasteiger partial charge in [-0.1, -0.05) is 29.4 Å². The molecule has 62 valence electrons. The third-order valence-corrected chi connectivity index (χ3v) is 1.40. The molecule has 1 aromatic carbocycles. The van der Waals surface area contributed by atoms with Crippen LogP contribution in [-0.2, 0) is 6.54 Å². The van der Waals surface area contributed by atoms with Crippen LogP contribution in [0.3, 0.4) is 0 Å². The van der Waals surface area contributed by atoms with E-state index in [1.165, 1.54) is 0 Å². The minimum Gasteiger partial charge on any atom is -0.271 e. The molecule has 0 atom stereocenters. The van der Waals surface area contributed by atoms with Crippen molar-refractivity contribution in [3.05, 3.63) is 40.3 Å². The van der Waals surface area contributed by atoms with Gasteiger partial charge in [0.1, 0.15) is 0 Å². The summed E-state index contributed by atoms with van der Waals surface area (Å²) < 4.78 is 0. The van der Waals surface area contributed by atoms with Crippen molar-refractivity contribution < 1.29 is 0 Å². The molecular formula is C7H9N5. The highest BCUT2D eigenvalue weighted by molar-refractivity contribution is 5.38. The van der Waals surface area contributed by atoms with Crippen molar-refractivity contribution >= 4 is 5.69 Å². The van der Waals surface area contributed by atoms with Crippen LogP contribution in [0.25, 0.3) is 10.4 Å². The molecule has 0 radical (unpaired) electrons. The van der Waals surface area contributed by atoms with E-state index in [1.54, 1.807) is 12.1 Å². The number of rotatable bonds is 3. The van der Waals surface area contributed by atoms with Gasteiger partial charge in [-0.05, 0) is 11.1 Å². The fourth-order valence-electron chi connectivity index (χ4n) is 0.850. The number of azide groups is 1. The van der Waals surface area contributed by atoms with Gasteiger partial charge in [0, 0.05) is 17.1 Å². The summed E-state index contributed by atoms with van der Waals surface area (Å²) in [5.74, 6) is 5.13. The molecule has 0 unspecified atom stereocenters. The summed E-state index contributed by atoms with van der Waals surface area (Å²) in [4.78, 5) is 2.67. The first kappa shape index (κ1) is 8.55. The molecule has 1 rings (SSSR count). The van der Waals surface area contributed by atoms with E-state index >= 15 is 0 Å². The number of hydrogen-bond acceptors (Lipinski definition) is 3. The van der Waals surface area contributed by atoms with E-state index in [4.69, 9.17) is 11.4 Å². The standard InChI is InChI=1S/C7H9N5/c8-10-5-6-1-3-7(4-2-6)11-12-9/h1-4,10H,5,8H2. The Labute approximate surface area is 69.8 Å². The summed E-state index contributed by atoms with van der Waals surface area (Å²) in [6.07, 6.45) is 0. The number of hydrogen-bond donors (Lipinski definition) is 2. The molecule has 0 aliphatic carbocycles. The maximum absolute atomic E-state index is 8.12. The van der Waals surface area contributed by atoms with Crippen molar-refractivity contribution in [3.8, 4) is 0 Å². The summed E-state index contributed by atoms with van der Waals surface area (Å²) in [6.45, 7) is 0.608. The van der Waals surface area contributed by atoms with Crippen LogP contribution in [0, 0.1) is 0 Å². The van der Waals surface area contributed by atoms with Gasteiger partial charge in [0.15, 0.2) is 0 Å². The first-order valence-electron chi connectivity index (χ1n) is 3.44. The Hall–Kier alpha value is -1.55. The highest BCUT2D eigenvalue weighted by Crippen LogP contribution is 2.12. The van der Waals surface area contributed by atoms with E-state index in [9.17, 15) is 0 Å². The van der Waals surface area contributed by atoms with Gasteiger partial charge in [-0.25, -0.2) is 0 Å². The van der Waals surface area contributed by atoms with E-state index in [0.717, 1.165) is 5.56 Å². The Balaban J connectivity index is 2.77. The number of hydrazine groups is 1. The summed E-state index contributed by atoms with van der Waals surface area (Å²) >= 11 is 0. The average Bonchev–Trinajstić information content (AvgIpc) is 2.09. The van der Waals surface area contributed by atoms with Crippen LogP contribution in [0.4, 0.5) is 5.69 Å². The summed E-state index contributed by atoms with van der Waals surface area (Å²) in [6, 6.07) is 7.19. The lowest BCUT2D eigenvalue weighted by molar-refractivity contribution is 0.741. The lowest BCUT2D eigenvalue weighted by Crippen LogP contribution is -2.20. The maximum Gasteiger partial charge on any atom is 0.0375 e. The SMILES string of the molecule is [N-]=[N+]=Nc1ccc(CNN)cc1. The van der Waals surface area contributed by atoms with Crippen LogP contribution in [0.1, 0.15) is 5.56 Å². The van der Waals surface area contributed by atoms with Gasteiger partial charge >= 0.3 is 0 Å². The minimum atomic E-state index is 0.608. The van der Waals surface area contributed by atoms with Gasteiger partial charge in [-0.3, -0.25) is 11.3 Å². The molecule has 3 N–H and O–H groups in total. The first-order chi connectivity index (χ1) is 5.86. The predicted octanol–water partition coefficient (Wildman–Crippen LogP) is 1.59. The molecule has 0 fully saturated rings. The zero-order valence-electron chi connectivity index (χ0n) is 6.44. The van der Waals surface area contributed by atoms with E-state index in [0.29, 0.717) is 12.2 Å². The Morgan fingerprint density at radius 2 is 2.08 bits per heavy atom. The Bertz CT molecular complexity index is 285. The van der Waals surface area contributed by atoms with Crippen molar-refractivity contribution in [2.75, 3.05) is 0 Å². The smallest absolute Gasteiger partial charge is 0.0375 e. The van der Waals surface area contributed by atoms with Crippen LogP contribution in [-0.4, -0.2) is 0 Å². The van der Waals surface area contributed by atoms with Crippen LogP contribution >= 0.6 is 0 Å². The molecule has 0 spiro atoms. The van der Waals surface area contributed by atoms with E-state index in [-0.39, 0.29) is 0 Å². The Morgan fingerprint density at radius 3 is 2.58 bits per heavy atom. The van der Waals surface area contributed by atoms with Gasteiger partial charge in [-0.2, -0.15) is 0 Å². The van der Waals surface area contributed by atoms with Crippen LogP contribution in [0.5, 0.6) is 0 Å². The molecule has 0 bridgehead atoms. The molecule has 1 aromatic rings. The number of nitrogens with one attached hydrogen (secondary N) is 1. The molecule has 0 aliphatic rings. The predicted molar refractivity (Wildman–Crippen MR) is 46.3 cm³/mol. The second-order valence-electron chi connectivity index (χ2n) is 2.24. The number of nitrogens with zero attached hydrogens (tertiary/aromatic N) is 3. The molecule has 5 heteroatoms. The number of benzene rings is 1. The largest absolute Gasteiger partial charge is 0.271 e. The summed E-state index contributed by atoms with van der Waals surface area (Å²) in [5.41, 5.74) is 12.3. The lowest BCUT2D eigenvalue weighted by atomic mass is 10.2. The zero-order chi connectivity index (χ0) is 8.81. The van der Waals surface area contributed by atoms with Gasteiger partial charge in [0.2, 0.25) is 0 Å². The highest BCUT2D eigenvalue weighted by Gasteiger charge is 1.90. The topological polar surface area (TPSA) is 86.8 Å². The van der Waals surface area contributed by atoms with Gasteiger partial charge < -0.3 is 0 Å². The first-order valence-corrected chi connectivity index (χ1v) is 3.44. The highest BCUT2D eigenvalue weighted by atomic mass is 15.2. The Morgan fingerprint density at radius 1 is 1.42 bits per heavy atom. The van der Waals surface area contributed by atoms with Crippen molar-refractivity contribution in [2.24, 2.45) is 11.0 Å². The number of nitrogens with two attached hydrogens (primary N) is 1. The monoisotopic (exact) mass is 163 g/mol. The molecule has 0 heterocycles. The third kappa shape index (κ3) is 2.25. The van der Waals surface area contributed by atoms with Gasteiger partial charge in [-0.15, -0.1) is 0 Å². The summed E-state index contributed by atoms with van der Waals surface area (Å²) in [5, 5.41) is 3.44. The van der Waals surface area contributed by atoms with Gasteiger partial charge in [0.05, 0.1) is 0 Å². The molecule has 0 aliphatic heterocycles. The molecule has 0 saturated heterocycles. The molecule has 5 nitrogen and oxygen atoms in total. The van der Waals surface area contributed by atoms with Crippen LogP contribution in [0.2, 0.25) is 0 Å². The average molecular weight is 163 g/mol. The molecular weight excluding hydrogens is 154 g/mol. The van der Waals surface area contributed by atoms with E-state index in [1.807, 2.05) is 12.1 Å². The third-order valence-electron chi connectivity index (χ3n) is 1.40. The van der Waals surface area contributed by atoms with E-state index < -0.39 is 0 Å². The van der Waals surface area contributed by atoms with Crippen molar-refractivity contribution in [2.45, 2.75) is 6.54 Å². The minimum absolute atomic E-state index is 0.608. The Kier molecular flexibility index (Phi) is 3.10. The van der Waals surface area contributed by atoms with Crippen molar-refractivity contribution in [1.29, 1.82) is 0 Å².